The lowest BCUT2D eigenvalue weighted by Crippen LogP contribution is -2.53. The third-order valence-electron chi connectivity index (χ3n) is 4.34. The first kappa shape index (κ1) is 19.9. The van der Waals surface area contributed by atoms with Crippen molar-refractivity contribution in [3.05, 3.63) is 65.7 Å². The molecule has 6 heteroatoms. The molecule has 1 unspecified atom stereocenters. The molecule has 1 N–H and O–H groups in total. The molecule has 0 aliphatic carbocycles. The highest BCUT2D eigenvalue weighted by Crippen LogP contribution is 2.16. The minimum atomic E-state index is -0.0298. The van der Waals surface area contributed by atoms with Crippen LogP contribution in [-0.4, -0.2) is 48.9 Å². The smallest absolute Gasteiger partial charge is 0.260 e. The zero-order chi connectivity index (χ0) is 17.6. The van der Waals surface area contributed by atoms with Crippen LogP contribution >= 0.6 is 12.4 Å². The number of ketones is 1. The summed E-state index contributed by atoms with van der Waals surface area (Å²) in [5.41, 5.74) is 1.25. The van der Waals surface area contributed by atoms with Crippen LogP contribution in [0.25, 0.3) is 0 Å². The van der Waals surface area contributed by atoms with Crippen LogP contribution in [0.15, 0.2) is 54.6 Å². The number of nitrogens with one attached hydrogen (secondary N) is 1. The molecule has 1 aliphatic rings. The van der Waals surface area contributed by atoms with Crippen molar-refractivity contribution in [2.75, 3.05) is 26.2 Å². The second-order valence-electron chi connectivity index (χ2n) is 6.15. The van der Waals surface area contributed by atoms with E-state index in [1.807, 2.05) is 30.0 Å². The molecule has 1 heterocycles. The van der Waals surface area contributed by atoms with Crippen LogP contribution in [0.3, 0.4) is 0 Å². The van der Waals surface area contributed by atoms with E-state index in [9.17, 15) is 9.59 Å². The first-order valence-electron chi connectivity index (χ1n) is 8.48. The van der Waals surface area contributed by atoms with Gasteiger partial charge in [-0.25, -0.2) is 0 Å². The van der Waals surface area contributed by atoms with Crippen LogP contribution in [0.2, 0.25) is 0 Å². The fraction of sp³-hybridized carbons (Fsp3) is 0.300. The zero-order valence-corrected chi connectivity index (χ0v) is 15.5. The number of carbonyl (C=O) groups excluding carboxylic acids is 2. The standard InChI is InChI=1S/C20H22N2O3.ClH/c1-15-13-21-11-12-22(15)19(23)14-25-18-9-7-17(8-10-18)20(24)16-5-3-2-4-6-16;/h2-10,15,21H,11-14H2,1H3;1H. The molecule has 26 heavy (non-hydrogen) atoms. The molecule has 1 saturated heterocycles. The number of carbonyl (C=O) groups is 2. The largest absolute Gasteiger partial charge is 0.484 e. The summed E-state index contributed by atoms with van der Waals surface area (Å²) in [5.74, 6) is 0.539. The van der Waals surface area contributed by atoms with Crippen molar-refractivity contribution in [3.8, 4) is 5.75 Å². The van der Waals surface area contributed by atoms with Gasteiger partial charge in [0, 0.05) is 36.8 Å². The van der Waals surface area contributed by atoms with Gasteiger partial charge in [0.1, 0.15) is 5.75 Å². The van der Waals surface area contributed by atoms with Crippen LogP contribution in [0.4, 0.5) is 0 Å². The van der Waals surface area contributed by atoms with Gasteiger partial charge < -0.3 is 15.0 Å². The number of rotatable bonds is 5. The molecular weight excluding hydrogens is 352 g/mol. The third kappa shape index (κ3) is 4.84. The summed E-state index contributed by atoms with van der Waals surface area (Å²) >= 11 is 0. The van der Waals surface area contributed by atoms with Crippen molar-refractivity contribution in [1.82, 2.24) is 10.2 Å². The maximum Gasteiger partial charge on any atom is 0.260 e. The Morgan fingerprint density at radius 3 is 2.38 bits per heavy atom. The van der Waals surface area contributed by atoms with Crippen LogP contribution in [0, 0.1) is 0 Å². The normalized spacial score (nSPS) is 16.5. The van der Waals surface area contributed by atoms with E-state index in [0.29, 0.717) is 23.4 Å². The van der Waals surface area contributed by atoms with Crippen molar-refractivity contribution in [1.29, 1.82) is 0 Å². The second kappa shape index (κ2) is 9.36. The minimum Gasteiger partial charge on any atom is -0.484 e. The molecule has 1 amide bonds. The molecule has 0 radical (unpaired) electrons. The second-order valence-corrected chi connectivity index (χ2v) is 6.15. The molecule has 0 saturated carbocycles. The molecule has 5 nitrogen and oxygen atoms in total. The lowest BCUT2D eigenvalue weighted by atomic mass is 10.0. The summed E-state index contributed by atoms with van der Waals surface area (Å²) in [5, 5.41) is 3.26. The number of piperazine rings is 1. The molecule has 1 atom stereocenters. The van der Waals surface area contributed by atoms with Gasteiger partial charge in [0.15, 0.2) is 12.4 Å². The third-order valence-corrected chi connectivity index (χ3v) is 4.34. The molecular formula is C20H23ClN2O3. The Hall–Kier alpha value is -2.37. The Bertz CT molecular complexity index is 734. The lowest BCUT2D eigenvalue weighted by molar-refractivity contribution is -0.136. The Kier molecular flexibility index (Phi) is 7.18. The van der Waals surface area contributed by atoms with Crippen LogP contribution < -0.4 is 10.1 Å². The summed E-state index contributed by atoms with van der Waals surface area (Å²) in [6.45, 7) is 4.35. The molecule has 0 spiro atoms. The summed E-state index contributed by atoms with van der Waals surface area (Å²) in [6, 6.07) is 16.2. The Labute approximate surface area is 159 Å². The average Bonchev–Trinajstić information content (AvgIpc) is 2.67. The van der Waals surface area contributed by atoms with Crippen LogP contribution in [0.1, 0.15) is 22.8 Å². The molecule has 1 aliphatic heterocycles. The maximum absolute atomic E-state index is 12.4. The van der Waals surface area contributed by atoms with Gasteiger partial charge in [0.25, 0.3) is 5.91 Å². The van der Waals surface area contributed by atoms with E-state index in [2.05, 4.69) is 5.32 Å². The number of halogens is 1. The van der Waals surface area contributed by atoms with Crippen molar-refractivity contribution >= 4 is 24.1 Å². The topological polar surface area (TPSA) is 58.6 Å². The summed E-state index contributed by atoms with van der Waals surface area (Å²) in [6.07, 6.45) is 0. The van der Waals surface area contributed by atoms with E-state index < -0.39 is 0 Å². The Morgan fingerprint density at radius 2 is 1.73 bits per heavy atom. The van der Waals surface area contributed by atoms with E-state index in [1.54, 1.807) is 36.4 Å². The van der Waals surface area contributed by atoms with Gasteiger partial charge in [-0.2, -0.15) is 0 Å². The minimum absolute atomic E-state index is 0. The number of ether oxygens (including phenoxy) is 1. The van der Waals surface area contributed by atoms with E-state index in [-0.39, 0.29) is 36.7 Å². The quantitative estimate of drug-likeness (QED) is 0.817. The number of hydrogen-bond donors (Lipinski definition) is 1. The fourth-order valence-corrected chi connectivity index (χ4v) is 2.90. The SMILES string of the molecule is CC1CNCCN1C(=O)COc1ccc(C(=O)c2ccccc2)cc1.Cl. The van der Waals surface area contributed by atoms with Crippen LogP contribution in [0.5, 0.6) is 5.75 Å². The number of hydrogen-bond acceptors (Lipinski definition) is 4. The van der Waals surface area contributed by atoms with E-state index in [0.717, 1.165) is 13.1 Å². The predicted molar refractivity (Wildman–Crippen MR) is 103 cm³/mol. The monoisotopic (exact) mass is 374 g/mol. The van der Waals surface area contributed by atoms with Crippen molar-refractivity contribution < 1.29 is 14.3 Å². The van der Waals surface area contributed by atoms with Gasteiger partial charge >= 0.3 is 0 Å². The first-order valence-corrected chi connectivity index (χ1v) is 8.48. The summed E-state index contributed by atoms with van der Waals surface area (Å²) in [4.78, 5) is 26.5. The van der Waals surface area contributed by atoms with E-state index in [4.69, 9.17) is 4.74 Å². The average molecular weight is 375 g/mol. The summed E-state index contributed by atoms with van der Waals surface area (Å²) in [7, 11) is 0. The molecule has 2 aromatic carbocycles. The Balaban J connectivity index is 0.00000243. The molecule has 0 bridgehead atoms. The summed E-state index contributed by atoms with van der Waals surface area (Å²) < 4.78 is 5.59. The lowest BCUT2D eigenvalue weighted by Gasteiger charge is -2.33. The highest BCUT2D eigenvalue weighted by atomic mass is 35.5. The van der Waals surface area contributed by atoms with Crippen molar-refractivity contribution in [2.24, 2.45) is 0 Å². The van der Waals surface area contributed by atoms with Gasteiger partial charge in [-0.05, 0) is 31.2 Å². The maximum atomic E-state index is 12.4. The first-order chi connectivity index (χ1) is 12.1. The van der Waals surface area contributed by atoms with Gasteiger partial charge in [0.2, 0.25) is 0 Å². The van der Waals surface area contributed by atoms with Crippen molar-refractivity contribution in [3.63, 3.8) is 0 Å². The van der Waals surface area contributed by atoms with Gasteiger partial charge in [-0.1, -0.05) is 30.3 Å². The molecule has 1 fully saturated rings. The molecule has 2 aromatic rings. The van der Waals surface area contributed by atoms with Gasteiger partial charge in [0.05, 0.1) is 0 Å². The molecule has 3 rings (SSSR count). The molecule has 0 aromatic heterocycles. The zero-order valence-electron chi connectivity index (χ0n) is 14.7. The predicted octanol–water partition coefficient (Wildman–Crippen LogP) is 2.54. The number of benzene rings is 2. The highest BCUT2D eigenvalue weighted by molar-refractivity contribution is 6.08. The van der Waals surface area contributed by atoms with Gasteiger partial charge in [-0.15, -0.1) is 12.4 Å². The number of amides is 1. The van der Waals surface area contributed by atoms with Gasteiger partial charge in [-0.3, -0.25) is 9.59 Å². The van der Waals surface area contributed by atoms with E-state index in [1.165, 1.54) is 0 Å². The fourth-order valence-electron chi connectivity index (χ4n) is 2.90. The molecule has 138 valence electrons. The van der Waals surface area contributed by atoms with Crippen LogP contribution in [-0.2, 0) is 4.79 Å². The van der Waals surface area contributed by atoms with Crippen molar-refractivity contribution in [2.45, 2.75) is 13.0 Å². The number of nitrogens with zero attached hydrogens (tertiary/aromatic N) is 1. The van der Waals surface area contributed by atoms with E-state index >= 15 is 0 Å². The highest BCUT2D eigenvalue weighted by Gasteiger charge is 2.23. The Morgan fingerprint density at radius 1 is 1.08 bits per heavy atom.